The maximum atomic E-state index is 13.7. The molecule has 0 atom stereocenters. The Balaban J connectivity index is 1.54. The van der Waals surface area contributed by atoms with Crippen molar-refractivity contribution >= 4 is 22.5 Å². The second kappa shape index (κ2) is 9.05. The van der Waals surface area contributed by atoms with E-state index in [1.165, 1.54) is 17.9 Å². The number of carbonyl (C=O) groups excluding carboxylic acids is 1. The molecule has 0 saturated heterocycles. The van der Waals surface area contributed by atoms with Crippen LogP contribution in [0.15, 0.2) is 65.7 Å². The zero-order chi connectivity index (χ0) is 22.7. The Kier molecular flexibility index (Phi) is 6.02. The third-order valence-electron chi connectivity index (χ3n) is 5.36. The third kappa shape index (κ3) is 4.39. The van der Waals surface area contributed by atoms with Crippen molar-refractivity contribution in [3.63, 3.8) is 0 Å². The fourth-order valence-electron chi connectivity index (χ4n) is 3.65. The minimum absolute atomic E-state index is 0.136. The predicted molar refractivity (Wildman–Crippen MR) is 120 cm³/mol. The van der Waals surface area contributed by atoms with Gasteiger partial charge in [-0.3, -0.25) is 23.9 Å². The lowest BCUT2D eigenvalue weighted by molar-refractivity contribution is -0.116. The van der Waals surface area contributed by atoms with Crippen LogP contribution in [0.1, 0.15) is 17.5 Å². The van der Waals surface area contributed by atoms with Gasteiger partial charge in [0.15, 0.2) is 11.6 Å². The van der Waals surface area contributed by atoms with Gasteiger partial charge >= 0.3 is 0 Å². The number of carbonyl (C=O) groups is 1. The summed E-state index contributed by atoms with van der Waals surface area (Å²) < 4.78 is 22.1. The van der Waals surface area contributed by atoms with Crippen LogP contribution in [0, 0.1) is 5.82 Å². The van der Waals surface area contributed by atoms with E-state index in [9.17, 15) is 14.0 Å². The topological polar surface area (TPSA) is 78.2 Å². The van der Waals surface area contributed by atoms with Gasteiger partial charge in [-0.1, -0.05) is 12.1 Å². The Bertz CT molecular complexity index is 1330. The molecule has 1 N–H and O–H groups in total. The minimum atomic E-state index is -0.439. The number of nitrogens with zero attached hydrogens (tertiary/aromatic N) is 3. The molecule has 0 saturated carbocycles. The molecule has 4 rings (SSSR count). The zero-order valence-corrected chi connectivity index (χ0v) is 17.8. The second-order valence-corrected chi connectivity index (χ2v) is 7.50. The van der Waals surface area contributed by atoms with Gasteiger partial charge in [-0.05, 0) is 53.9 Å². The molecule has 4 aromatic rings. The minimum Gasteiger partial charge on any atom is -0.494 e. The van der Waals surface area contributed by atoms with Crippen molar-refractivity contribution < 1.29 is 13.9 Å². The van der Waals surface area contributed by atoms with Gasteiger partial charge in [-0.2, -0.15) is 0 Å². The van der Waals surface area contributed by atoms with Crippen LogP contribution in [0.4, 0.5) is 10.1 Å². The molecule has 0 aliphatic heterocycles. The highest BCUT2D eigenvalue weighted by molar-refractivity contribution is 5.93. The highest BCUT2D eigenvalue weighted by atomic mass is 19.1. The second-order valence-electron chi connectivity index (χ2n) is 7.50. The van der Waals surface area contributed by atoms with Crippen molar-refractivity contribution in [2.75, 3.05) is 12.4 Å². The van der Waals surface area contributed by atoms with Crippen molar-refractivity contribution in [1.82, 2.24) is 14.3 Å². The molecule has 32 heavy (non-hydrogen) atoms. The van der Waals surface area contributed by atoms with Crippen LogP contribution in [0.3, 0.4) is 0 Å². The first-order valence-corrected chi connectivity index (χ1v) is 10.2. The molecule has 0 aliphatic carbocycles. The molecule has 2 heterocycles. The molecule has 164 valence electrons. The molecule has 8 heteroatoms. The lowest BCUT2D eigenvalue weighted by Gasteiger charge is -2.11. The van der Waals surface area contributed by atoms with Crippen LogP contribution >= 0.6 is 0 Å². The average molecular weight is 434 g/mol. The number of aryl methyl sites for hydroxylation is 1. The molecule has 1 amide bonds. The summed E-state index contributed by atoms with van der Waals surface area (Å²) in [5, 5.41) is 3.35. The van der Waals surface area contributed by atoms with E-state index in [2.05, 4.69) is 10.3 Å². The maximum Gasteiger partial charge on any atom is 0.274 e. The molecule has 0 bridgehead atoms. The monoisotopic (exact) mass is 434 g/mol. The van der Waals surface area contributed by atoms with Gasteiger partial charge in [-0.15, -0.1) is 0 Å². The van der Waals surface area contributed by atoms with Crippen molar-refractivity contribution in [3.05, 3.63) is 88.2 Å². The maximum absolute atomic E-state index is 13.7. The molecule has 2 aromatic carbocycles. The van der Waals surface area contributed by atoms with E-state index >= 15 is 0 Å². The Morgan fingerprint density at radius 2 is 2.00 bits per heavy atom. The van der Waals surface area contributed by atoms with Crippen molar-refractivity contribution in [2.24, 2.45) is 7.05 Å². The van der Waals surface area contributed by atoms with E-state index in [1.54, 1.807) is 54.5 Å². The number of methoxy groups -OCH3 is 1. The van der Waals surface area contributed by atoms with Crippen molar-refractivity contribution in [2.45, 2.75) is 19.4 Å². The summed E-state index contributed by atoms with van der Waals surface area (Å²) in [5.41, 5.74) is 2.88. The lowest BCUT2D eigenvalue weighted by atomic mass is 10.1. The van der Waals surface area contributed by atoms with E-state index in [-0.39, 0.29) is 17.2 Å². The first kappa shape index (κ1) is 21.3. The summed E-state index contributed by atoms with van der Waals surface area (Å²) in [6, 6.07) is 13.6. The van der Waals surface area contributed by atoms with Gasteiger partial charge < -0.3 is 10.1 Å². The summed E-state index contributed by atoms with van der Waals surface area (Å²) in [6.07, 6.45) is 4.33. The van der Waals surface area contributed by atoms with Crippen LogP contribution in [0.25, 0.3) is 10.9 Å². The van der Waals surface area contributed by atoms with Gasteiger partial charge in [-0.25, -0.2) is 4.39 Å². The predicted octanol–water partition coefficient (Wildman–Crippen LogP) is 3.50. The van der Waals surface area contributed by atoms with E-state index in [4.69, 9.17) is 4.74 Å². The number of halogens is 1. The number of nitrogens with one attached hydrogen (secondary N) is 1. The number of anilines is 1. The molecule has 0 fully saturated rings. The normalized spacial score (nSPS) is 11.0. The van der Waals surface area contributed by atoms with Gasteiger partial charge in [0.1, 0.15) is 0 Å². The third-order valence-corrected chi connectivity index (χ3v) is 5.36. The number of hydrogen-bond donors (Lipinski definition) is 1. The number of benzene rings is 2. The summed E-state index contributed by atoms with van der Waals surface area (Å²) in [6.45, 7) is 0.364. The molecular weight excluding hydrogens is 411 g/mol. The number of fused-ring (bicyclic) bond motifs is 1. The number of aromatic nitrogens is 3. The molecule has 0 aliphatic rings. The summed E-state index contributed by atoms with van der Waals surface area (Å²) in [4.78, 5) is 29.2. The number of ether oxygens (including phenoxy) is 1. The molecule has 2 aromatic heterocycles. The quantitative estimate of drug-likeness (QED) is 0.483. The van der Waals surface area contributed by atoms with Gasteiger partial charge in [0.05, 0.1) is 24.6 Å². The van der Waals surface area contributed by atoms with Gasteiger partial charge in [0.25, 0.3) is 5.56 Å². The van der Waals surface area contributed by atoms with E-state index in [1.807, 2.05) is 12.1 Å². The molecule has 0 unspecified atom stereocenters. The van der Waals surface area contributed by atoms with Crippen LogP contribution in [-0.2, 0) is 24.8 Å². The van der Waals surface area contributed by atoms with Crippen molar-refractivity contribution in [3.8, 4) is 5.75 Å². The summed E-state index contributed by atoms with van der Waals surface area (Å²) >= 11 is 0. The summed E-state index contributed by atoms with van der Waals surface area (Å²) in [5.74, 6) is -0.422. The summed E-state index contributed by atoms with van der Waals surface area (Å²) in [7, 11) is 3.09. The largest absolute Gasteiger partial charge is 0.494 e. The first-order valence-electron chi connectivity index (χ1n) is 10.2. The smallest absolute Gasteiger partial charge is 0.274 e. The van der Waals surface area contributed by atoms with Crippen LogP contribution < -0.4 is 15.6 Å². The standard InChI is InChI=1S/C24H23FN4O3/c1-28-24(31)19-13-18(27-23(30)10-6-16-4-3-11-26-14-16)7-9-21(19)29(28)15-17-5-8-20(25)22(12-17)32-2/h3-5,7-9,11-14H,6,10,15H2,1-2H3,(H,27,30). The number of amides is 1. The Hall–Kier alpha value is -3.94. The fourth-order valence-corrected chi connectivity index (χ4v) is 3.65. The van der Waals surface area contributed by atoms with Gasteiger partial charge in [0, 0.05) is 31.5 Å². The first-order chi connectivity index (χ1) is 15.5. The fraction of sp³-hybridized carbons (Fsp3) is 0.208. The Morgan fingerprint density at radius 1 is 1.16 bits per heavy atom. The number of hydrogen-bond acceptors (Lipinski definition) is 4. The van der Waals surface area contributed by atoms with E-state index < -0.39 is 5.82 Å². The Labute approximate surface area is 184 Å². The average Bonchev–Trinajstić information content (AvgIpc) is 3.04. The van der Waals surface area contributed by atoms with Crippen LogP contribution in [-0.4, -0.2) is 27.4 Å². The van der Waals surface area contributed by atoms with Crippen LogP contribution in [0.2, 0.25) is 0 Å². The van der Waals surface area contributed by atoms with Gasteiger partial charge in [0.2, 0.25) is 5.91 Å². The van der Waals surface area contributed by atoms with Crippen molar-refractivity contribution in [1.29, 1.82) is 0 Å². The van der Waals surface area contributed by atoms with E-state index in [0.29, 0.717) is 36.0 Å². The zero-order valence-electron chi connectivity index (χ0n) is 17.8. The SMILES string of the molecule is COc1cc(Cn2c3ccc(NC(=O)CCc4cccnc4)cc3c(=O)n2C)ccc1F. The molecule has 0 spiro atoms. The molecule has 0 radical (unpaired) electrons. The Morgan fingerprint density at radius 3 is 2.75 bits per heavy atom. The highest BCUT2D eigenvalue weighted by Crippen LogP contribution is 2.22. The number of rotatable bonds is 7. The molecule has 7 nitrogen and oxygen atoms in total. The molecular formula is C24H23FN4O3. The lowest BCUT2D eigenvalue weighted by Crippen LogP contribution is -2.19. The number of pyridine rings is 1. The van der Waals surface area contributed by atoms with E-state index in [0.717, 1.165) is 11.1 Å². The highest BCUT2D eigenvalue weighted by Gasteiger charge is 2.14. The van der Waals surface area contributed by atoms with Crippen LogP contribution in [0.5, 0.6) is 5.75 Å².